The molecule has 2 nitrogen and oxygen atoms in total. The summed E-state index contributed by atoms with van der Waals surface area (Å²) in [7, 11) is 0. The minimum Gasteiger partial charge on any atom is -0.362 e. The van der Waals surface area contributed by atoms with Gasteiger partial charge in [-0.25, -0.2) is 0 Å². The predicted molar refractivity (Wildman–Crippen MR) is 66.7 cm³/mol. The summed E-state index contributed by atoms with van der Waals surface area (Å²) in [5, 5.41) is 18.9. The van der Waals surface area contributed by atoms with Crippen molar-refractivity contribution in [3.8, 4) is 0 Å². The Kier molecular flexibility index (Phi) is 4.96. The second kappa shape index (κ2) is 6.26. The first-order chi connectivity index (χ1) is 7.64. The van der Waals surface area contributed by atoms with Crippen molar-refractivity contribution in [1.82, 2.24) is 0 Å². The summed E-state index contributed by atoms with van der Waals surface area (Å²) in [6.45, 7) is 1.91. The summed E-state index contributed by atoms with van der Waals surface area (Å²) >= 11 is 0. The molecule has 2 N–H and O–H groups in total. The molecule has 0 saturated carbocycles. The molecule has 1 rings (SSSR count). The third-order valence-electron chi connectivity index (χ3n) is 2.18. The summed E-state index contributed by atoms with van der Waals surface area (Å²) < 4.78 is 0. The fourth-order valence-electron chi connectivity index (χ4n) is 1.39. The van der Waals surface area contributed by atoms with Crippen LogP contribution in [0.5, 0.6) is 0 Å². The van der Waals surface area contributed by atoms with Gasteiger partial charge in [-0.1, -0.05) is 61.9 Å². The average molecular weight is 218 g/mol. The molecule has 0 bridgehead atoms. The van der Waals surface area contributed by atoms with Gasteiger partial charge in [-0.05, 0) is 11.6 Å². The number of hydrogen-bond acceptors (Lipinski definition) is 2. The molecule has 0 spiro atoms. The van der Waals surface area contributed by atoms with Gasteiger partial charge in [0.2, 0.25) is 0 Å². The molecular weight excluding hydrogens is 200 g/mol. The number of aliphatic hydroxyl groups is 2. The summed E-state index contributed by atoms with van der Waals surface area (Å²) in [5.41, 5.74) is 1.09. The first kappa shape index (κ1) is 12.7. The van der Waals surface area contributed by atoms with Gasteiger partial charge in [0.15, 0.2) is 5.79 Å². The Labute approximate surface area is 96.6 Å². The highest BCUT2D eigenvalue weighted by Gasteiger charge is 2.15. The maximum atomic E-state index is 9.45. The Morgan fingerprint density at radius 3 is 2.44 bits per heavy atom. The Morgan fingerprint density at radius 2 is 1.81 bits per heavy atom. The van der Waals surface area contributed by atoms with Crippen molar-refractivity contribution in [2.24, 2.45) is 0 Å². The third kappa shape index (κ3) is 4.91. The Bertz CT molecular complexity index is 350. The van der Waals surface area contributed by atoms with Gasteiger partial charge in [0, 0.05) is 6.42 Å². The van der Waals surface area contributed by atoms with Crippen LogP contribution in [0.2, 0.25) is 0 Å². The van der Waals surface area contributed by atoms with Crippen molar-refractivity contribution in [3.05, 3.63) is 54.1 Å². The van der Waals surface area contributed by atoms with Gasteiger partial charge in [-0.3, -0.25) is 0 Å². The first-order valence-electron chi connectivity index (χ1n) is 5.50. The summed E-state index contributed by atoms with van der Waals surface area (Å²) in [5.74, 6) is -1.68. The van der Waals surface area contributed by atoms with Crippen molar-refractivity contribution in [1.29, 1.82) is 0 Å². The molecular formula is C14H18O2. The van der Waals surface area contributed by atoms with E-state index in [1.807, 2.05) is 43.3 Å². The van der Waals surface area contributed by atoms with Gasteiger partial charge in [0.1, 0.15) is 0 Å². The summed E-state index contributed by atoms with van der Waals surface area (Å²) in [6, 6.07) is 9.86. The van der Waals surface area contributed by atoms with E-state index in [2.05, 4.69) is 0 Å². The predicted octanol–water partition coefficient (Wildman–Crippen LogP) is 2.74. The highest BCUT2D eigenvalue weighted by atomic mass is 16.5. The second-order valence-corrected chi connectivity index (χ2v) is 3.76. The number of allylic oxidation sites excluding steroid dienone is 2. The largest absolute Gasteiger partial charge is 0.362 e. The lowest BCUT2D eigenvalue weighted by Crippen LogP contribution is -2.23. The highest BCUT2D eigenvalue weighted by molar-refractivity contribution is 5.50. The Hall–Kier alpha value is -1.38. The summed E-state index contributed by atoms with van der Waals surface area (Å²) in [4.78, 5) is 0. The maximum absolute atomic E-state index is 9.45. The fourth-order valence-corrected chi connectivity index (χ4v) is 1.39. The second-order valence-electron chi connectivity index (χ2n) is 3.76. The van der Waals surface area contributed by atoms with E-state index in [-0.39, 0.29) is 0 Å². The Morgan fingerprint density at radius 1 is 1.12 bits per heavy atom. The molecule has 0 saturated heterocycles. The fraction of sp³-hybridized carbons (Fsp3) is 0.286. The van der Waals surface area contributed by atoms with Crippen molar-refractivity contribution >= 4 is 6.08 Å². The molecule has 0 amide bonds. The maximum Gasteiger partial charge on any atom is 0.182 e. The van der Waals surface area contributed by atoms with Crippen LogP contribution < -0.4 is 0 Å². The molecule has 0 heterocycles. The number of hydrogen-bond donors (Lipinski definition) is 2. The lowest BCUT2D eigenvalue weighted by atomic mass is 10.1. The van der Waals surface area contributed by atoms with Crippen molar-refractivity contribution in [3.63, 3.8) is 0 Å². The molecule has 1 aromatic rings. The third-order valence-corrected chi connectivity index (χ3v) is 2.18. The Balaban J connectivity index is 2.51. The van der Waals surface area contributed by atoms with Crippen LogP contribution in [0.3, 0.4) is 0 Å². The molecule has 0 atom stereocenters. The molecule has 2 heteroatoms. The molecule has 86 valence electrons. The minimum atomic E-state index is -1.68. The van der Waals surface area contributed by atoms with Gasteiger partial charge in [-0.2, -0.15) is 0 Å². The zero-order chi connectivity index (χ0) is 11.9. The quantitative estimate of drug-likeness (QED) is 0.589. The van der Waals surface area contributed by atoms with Crippen molar-refractivity contribution < 1.29 is 10.2 Å². The molecule has 1 aromatic carbocycles. The van der Waals surface area contributed by atoms with E-state index >= 15 is 0 Å². The zero-order valence-corrected chi connectivity index (χ0v) is 9.50. The monoisotopic (exact) mass is 218 g/mol. The average Bonchev–Trinajstić information content (AvgIpc) is 2.26. The van der Waals surface area contributed by atoms with Crippen LogP contribution in [0, 0.1) is 0 Å². The SMILES string of the molecule is CCCC(O)(O)C=CC=Cc1ccccc1. The van der Waals surface area contributed by atoms with E-state index < -0.39 is 5.79 Å². The smallest absolute Gasteiger partial charge is 0.182 e. The van der Waals surface area contributed by atoms with Crippen LogP contribution in [0.1, 0.15) is 25.3 Å². The van der Waals surface area contributed by atoms with Crippen LogP contribution >= 0.6 is 0 Å². The molecule has 0 aliphatic heterocycles. The van der Waals surface area contributed by atoms with E-state index in [9.17, 15) is 10.2 Å². The minimum absolute atomic E-state index is 0.350. The molecule has 0 aliphatic rings. The van der Waals surface area contributed by atoms with Crippen LogP contribution in [-0.4, -0.2) is 16.0 Å². The molecule has 0 unspecified atom stereocenters. The molecule has 0 radical (unpaired) electrons. The highest BCUT2D eigenvalue weighted by Crippen LogP contribution is 2.10. The molecule has 16 heavy (non-hydrogen) atoms. The van der Waals surface area contributed by atoms with Gasteiger partial charge in [0.25, 0.3) is 0 Å². The van der Waals surface area contributed by atoms with Crippen molar-refractivity contribution in [2.45, 2.75) is 25.6 Å². The van der Waals surface area contributed by atoms with Gasteiger partial charge < -0.3 is 10.2 Å². The van der Waals surface area contributed by atoms with E-state index in [1.54, 1.807) is 12.2 Å². The van der Waals surface area contributed by atoms with Crippen LogP contribution in [0.4, 0.5) is 0 Å². The van der Waals surface area contributed by atoms with Crippen LogP contribution in [0.15, 0.2) is 48.6 Å². The van der Waals surface area contributed by atoms with Gasteiger partial charge >= 0.3 is 0 Å². The molecule has 0 fully saturated rings. The first-order valence-corrected chi connectivity index (χ1v) is 5.50. The lowest BCUT2D eigenvalue weighted by molar-refractivity contribution is -0.123. The number of benzene rings is 1. The van der Waals surface area contributed by atoms with Crippen molar-refractivity contribution in [2.75, 3.05) is 0 Å². The number of rotatable bonds is 5. The molecule has 0 aliphatic carbocycles. The van der Waals surface area contributed by atoms with E-state index in [1.165, 1.54) is 6.08 Å². The normalized spacial score (nSPS) is 12.7. The lowest BCUT2D eigenvalue weighted by Gasteiger charge is -2.15. The van der Waals surface area contributed by atoms with Gasteiger partial charge in [-0.15, -0.1) is 0 Å². The molecule has 0 aromatic heterocycles. The zero-order valence-electron chi connectivity index (χ0n) is 9.50. The summed E-state index contributed by atoms with van der Waals surface area (Å²) in [6.07, 6.45) is 7.85. The standard InChI is InChI=1S/C14H18O2/c1-2-11-14(15,16)12-7-6-10-13-8-4-3-5-9-13/h3-10,12,15-16H,2,11H2,1H3. The van der Waals surface area contributed by atoms with E-state index in [4.69, 9.17) is 0 Å². The van der Waals surface area contributed by atoms with Gasteiger partial charge in [0.05, 0.1) is 0 Å². The van der Waals surface area contributed by atoms with E-state index in [0.717, 1.165) is 12.0 Å². The van der Waals surface area contributed by atoms with Crippen LogP contribution in [0.25, 0.3) is 6.08 Å². The topological polar surface area (TPSA) is 40.5 Å². The van der Waals surface area contributed by atoms with Crippen LogP contribution in [-0.2, 0) is 0 Å². The van der Waals surface area contributed by atoms with E-state index in [0.29, 0.717) is 6.42 Å².